The van der Waals surface area contributed by atoms with Crippen molar-refractivity contribution in [1.29, 1.82) is 0 Å². The summed E-state index contributed by atoms with van der Waals surface area (Å²) >= 11 is 0. The van der Waals surface area contributed by atoms with Crippen molar-refractivity contribution in [1.82, 2.24) is 18.8 Å². The lowest BCUT2D eigenvalue weighted by molar-refractivity contribution is -0.151. The number of nitrogens with one attached hydrogen (secondary N) is 1. The van der Waals surface area contributed by atoms with Crippen molar-refractivity contribution in [2.24, 2.45) is 29.1 Å². The van der Waals surface area contributed by atoms with Gasteiger partial charge in [-0.1, -0.05) is 13.8 Å². The van der Waals surface area contributed by atoms with E-state index in [0.717, 1.165) is 19.3 Å². The highest BCUT2D eigenvalue weighted by molar-refractivity contribution is 7.86. The zero-order chi connectivity index (χ0) is 22.6. The van der Waals surface area contributed by atoms with Crippen LogP contribution in [0.3, 0.4) is 0 Å². The summed E-state index contributed by atoms with van der Waals surface area (Å²) in [7, 11) is -0.441. The summed E-state index contributed by atoms with van der Waals surface area (Å²) in [6, 6.07) is -0.558. The van der Waals surface area contributed by atoms with Crippen LogP contribution in [-0.2, 0) is 19.8 Å². The summed E-state index contributed by atoms with van der Waals surface area (Å²) in [5.74, 6) is 2.00. The van der Waals surface area contributed by atoms with Crippen LogP contribution >= 0.6 is 0 Å². The Kier molecular flexibility index (Phi) is 6.15. The van der Waals surface area contributed by atoms with E-state index in [2.05, 4.69) is 5.32 Å². The lowest BCUT2D eigenvalue weighted by Gasteiger charge is -2.56. The van der Waals surface area contributed by atoms with Crippen molar-refractivity contribution >= 4 is 22.0 Å². The largest absolute Gasteiger partial charge is 0.344 e. The van der Waals surface area contributed by atoms with Gasteiger partial charge in [0.25, 0.3) is 10.2 Å². The van der Waals surface area contributed by atoms with E-state index in [1.807, 2.05) is 13.8 Å². The molecule has 4 saturated carbocycles. The number of carbonyl (C=O) groups excluding carboxylic acids is 2. The zero-order valence-electron chi connectivity index (χ0n) is 19.3. The summed E-state index contributed by atoms with van der Waals surface area (Å²) < 4.78 is 27.3. The minimum atomic E-state index is -3.47. The third-order valence-corrected chi connectivity index (χ3v) is 10.0. The first kappa shape index (κ1) is 23.0. The highest BCUT2D eigenvalue weighted by Crippen LogP contribution is 2.60. The van der Waals surface area contributed by atoms with Gasteiger partial charge in [-0.2, -0.15) is 17.0 Å². The van der Waals surface area contributed by atoms with Crippen LogP contribution in [0.5, 0.6) is 0 Å². The highest BCUT2D eigenvalue weighted by Gasteiger charge is 2.55. The van der Waals surface area contributed by atoms with Gasteiger partial charge in [0.15, 0.2) is 0 Å². The number of hydrogen-bond donors (Lipinski definition) is 1. The summed E-state index contributed by atoms with van der Waals surface area (Å²) in [4.78, 5) is 28.5. The number of nitrogens with zero attached hydrogens (tertiary/aromatic N) is 3. The van der Waals surface area contributed by atoms with Gasteiger partial charge in [0.05, 0.1) is 0 Å². The molecular weight excluding hydrogens is 416 g/mol. The van der Waals surface area contributed by atoms with Crippen LogP contribution in [0.2, 0.25) is 0 Å². The quantitative estimate of drug-likeness (QED) is 0.655. The van der Waals surface area contributed by atoms with E-state index in [1.54, 1.807) is 4.90 Å². The van der Waals surface area contributed by atoms with E-state index in [9.17, 15) is 18.0 Å². The normalized spacial score (nSPS) is 34.4. The Labute approximate surface area is 186 Å². The standard InChI is InChI=1S/C22H38N4O4S/c1-15(2)19(20(27)25-5-7-26(8-6-25)31(29,30)24(3)4)23-21(28)22-12-16-9-17(13-22)11-18(10-16)14-22/h15-19H,5-14H2,1-4H3,(H,23,28). The maximum Gasteiger partial charge on any atom is 0.281 e. The molecule has 0 aromatic rings. The monoisotopic (exact) mass is 454 g/mol. The number of amides is 2. The van der Waals surface area contributed by atoms with Crippen LogP contribution < -0.4 is 5.32 Å². The molecule has 1 unspecified atom stereocenters. The SMILES string of the molecule is CC(C)C(NC(=O)C12CC3CC(CC(C3)C1)C2)C(=O)N1CCN(S(=O)(=O)N(C)C)CC1. The molecule has 5 rings (SSSR count). The number of hydrogen-bond acceptors (Lipinski definition) is 4. The van der Waals surface area contributed by atoms with Crippen LogP contribution in [-0.4, -0.2) is 80.1 Å². The summed E-state index contributed by atoms with van der Waals surface area (Å²) in [6.07, 6.45) is 6.76. The first-order chi connectivity index (χ1) is 14.5. The summed E-state index contributed by atoms with van der Waals surface area (Å²) in [5, 5.41) is 3.16. The molecule has 1 N–H and O–H groups in total. The number of rotatable bonds is 6. The minimum absolute atomic E-state index is 0.0195. The second kappa shape index (κ2) is 8.30. The molecule has 0 aromatic carbocycles. The smallest absolute Gasteiger partial charge is 0.281 e. The van der Waals surface area contributed by atoms with Crippen molar-refractivity contribution in [2.45, 2.75) is 58.4 Å². The molecule has 2 amide bonds. The van der Waals surface area contributed by atoms with Gasteiger partial charge in [-0.05, 0) is 62.2 Å². The fraction of sp³-hybridized carbons (Fsp3) is 0.909. The molecule has 176 valence electrons. The van der Waals surface area contributed by atoms with E-state index < -0.39 is 16.3 Å². The molecule has 0 aromatic heterocycles. The van der Waals surface area contributed by atoms with Gasteiger partial charge in [0, 0.05) is 45.7 Å². The summed E-state index contributed by atoms with van der Waals surface area (Å²) in [6.45, 7) is 5.19. The van der Waals surface area contributed by atoms with Crippen LogP contribution in [0, 0.1) is 29.1 Å². The lowest BCUT2D eigenvalue weighted by atomic mass is 9.49. The van der Waals surface area contributed by atoms with Gasteiger partial charge >= 0.3 is 0 Å². The van der Waals surface area contributed by atoms with Crippen LogP contribution in [0.15, 0.2) is 0 Å². The molecule has 31 heavy (non-hydrogen) atoms. The molecule has 1 saturated heterocycles. The first-order valence-corrected chi connectivity index (χ1v) is 13.2. The Bertz CT molecular complexity index is 782. The molecule has 1 aliphatic heterocycles. The van der Waals surface area contributed by atoms with Crippen molar-refractivity contribution < 1.29 is 18.0 Å². The van der Waals surface area contributed by atoms with Crippen molar-refractivity contribution in [3.05, 3.63) is 0 Å². The third kappa shape index (κ3) is 4.25. The average molecular weight is 455 g/mol. The van der Waals surface area contributed by atoms with Gasteiger partial charge in [0.1, 0.15) is 6.04 Å². The molecule has 5 fully saturated rings. The van der Waals surface area contributed by atoms with Gasteiger partial charge in [-0.3, -0.25) is 9.59 Å². The predicted molar refractivity (Wildman–Crippen MR) is 118 cm³/mol. The lowest BCUT2D eigenvalue weighted by Crippen LogP contribution is -2.61. The molecule has 4 aliphatic carbocycles. The second-order valence-electron chi connectivity index (χ2n) is 10.9. The third-order valence-electron chi connectivity index (χ3n) is 8.08. The van der Waals surface area contributed by atoms with E-state index >= 15 is 0 Å². The van der Waals surface area contributed by atoms with Gasteiger partial charge in [-0.25, -0.2) is 0 Å². The van der Waals surface area contributed by atoms with E-state index in [1.165, 1.54) is 42.0 Å². The van der Waals surface area contributed by atoms with Crippen molar-refractivity contribution in [3.8, 4) is 0 Å². The van der Waals surface area contributed by atoms with E-state index in [4.69, 9.17) is 0 Å². The molecule has 4 bridgehead atoms. The van der Waals surface area contributed by atoms with Crippen LogP contribution in [0.25, 0.3) is 0 Å². The van der Waals surface area contributed by atoms with Gasteiger partial charge < -0.3 is 10.2 Å². The Morgan fingerprint density at radius 1 is 0.935 bits per heavy atom. The molecule has 8 nitrogen and oxygen atoms in total. The van der Waals surface area contributed by atoms with Crippen LogP contribution in [0.4, 0.5) is 0 Å². The Hall–Kier alpha value is -1.19. The topological polar surface area (TPSA) is 90.0 Å². The Balaban J connectivity index is 1.40. The molecule has 5 aliphatic rings. The Morgan fingerprint density at radius 2 is 1.42 bits per heavy atom. The maximum atomic E-state index is 13.5. The second-order valence-corrected chi connectivity index (χ2v) is 13.0. The molecule has 0 spiro atoms. The van der Waals surface area contributed by atoms with E-state index in [-0.39, 0.29) is 36.2 Å². The number of piperazine rings is 1. The predicted octanol–water partition coefficient (Wildman–Crippen LogP) is 1.29. The van der Waals surface area contributed by atoms with E-state index in [0.29, 0.717) is 30.8 Å². The maximum absolute atomic E-state index is 13.5. The molecule has 9 heteroatoms. The molecule has 0 radical (unpaired) electrons. The van der Waals surface area contributed by atoms with Gasteiger partial charge in [0.2, 0.25) is 11.8 Å². The fourth-order valence-corrected chi connectivity index (χ4v) is 7.85. The fourth-order valence-electron chi connectivity index (χ4n) is 6.76. The first-order valence-electron chi connectivity index (χ1n) is 11.8. The number of carbonyl (C=O) groups is 2. The molecular formula is C22H38N4O4S. The zero-order valence-corrected chi connectivity index (χ0v) is 20.2. The highest BCUT2D eigenvalue weighted by atomic mass is 32.2. The molecule has 1 atom stereocenters. The van der Waals surface area contributed by atoms with Crippen molar-refractivity contribution in [2.75, 3.05) is 40.3 Å². The Morgan fingerprint density at radius 3 is 1.84 bits per heavy atom. The van der Waals surface area contributed by atoms with Gasteiger partial charge in [-0.15, -0.1) is 0 Å². The average Bonchev–Trinajstić information content (AvgIpc) is 2.70. The minimum Gasteiger partial charge on any atom is -0.344 e. The molecule has 1 heterocycles. The van der Waals surface area contributed by atoms with Crippen LogP contribution in [0.1, 0.15) is 52.4 Å². The summed E-state index contributed by atoms with van der Waals surface area (Å²) in [5.41, 5.74) is -0.277. The van der Waals surface area contributed by atoms with Crippen molar-refractivity contribution in [3.63, 3.8) is 0 Å².